The highest BCUT2D eigenvalue weighted by Gasteiger charge is 2.41. The van der Waals surface area contributed by atoms with Gasteiger partial charge in [0.05, 0.1) is 0 Å². The number of anilines is 1. The lowest BCUT2D eigenvalue weighted by molar-refractivity contribution is 0.0953. The monoisotopic (exact) mass is 396 g/mol. The minimum Gasteiger partial charge on any atom is -0.367 e. The smallest absolute Gasteiger partial charge is 0.268 e. The molecule has 1 aliphatic carbocycles. The lowest BCUT2D eigenvalue weighted by Crippen LogP contribution is -2.36. The van der Waals surface area contributed by atoms with E-state index in [1.165, 1.54) is 6.07 Å². The van der Waals surface area contributed by atoms with Crippen molar-refractivity contribution in [3.63, 3.8) is 0 Å². The lowest BCUT2D eigenvalue weighted by Gasteiger charge is -2.27. The number of fused-ring (bicyclic) bond motifs is 1. The highest BCUT2D eigenvalue weighted by Crippen LogP contribution is 2.33. The molecule has 0 radical (unpaired) electrons. The van der Waals surface area contributed by atoms with Crippen molar-refractivity contribution in [1.29, 1.82) is 0 Å². The first-order chi connectivity index (χ1) is 13.4. The molecule has 2 aliphatic rings. The van der Waals surface area contributed by atoms with Crippen LogP contribution in [0, 0.1) is 6.92 Å². The van der Waals surface area contributed by atoms with Crippen LogP contribution in [-0.2, 0) is 10.0 Å². The number of Topliss-reactive ketones (excluding diaryl/α,β-unsaturated/α-hetero) is 2. The molecule has 6 nitrogen and oxygen atoms in total. The predicted octanol–water partition coefficient (Wildman–Crippen LogP) is 3.12. The van der Waals surface area contributed by atoms with E-state index in [0.29, 0.717) is 18.8 Å². The molecule has 0 saturated carbocycles. The topological polar surface area (TPSA) is 83.6 Å². The Morgan fingerprint density at radius 3 is 2.18 bits per heavy atom. The Balaban J connectivity index is 1.87. The summed E-state index contributed by atoms with van der Waals surface area (Å²) in [5.74, 6) is -1.06. The van der Waals surface area contributed by atoms with Gasteiger partial charge in [-0.15, -0.1) is 0 Å². The van der Waals surface area contributed by atoms with Crippen molar-refractivity contribution in [2.75, 3.05) is 17.8 Å². The van der Waals surface area contributed by atoms with Crippen LogP contribution in [0.2, 0.25) is 0 Å². The number of ketones is 2. The number of hydrogen-bond donors (Lipinski definition) is 1. The third-order valence-corrected chi connectivity index (χ3v) is 6.43. The Hall–Kier alpha value is -2.93. The normalized spacial score (nSPS) is 17.1. The Bertz CT molecular complexity index is 1110. The van der Waals surface area contributed by atoms with Gasteiger partial charge in [0.15, 0.2) is 4.91 Å². The number of nitrogens with one attached hydrogen (secondary N) is 1. The second-order valence-corrected chi connectivity index (χ2v) is 8.67. The molecule has 0 amide bonds. The molecule has 2 aromatic rings. The molecule has 28 heavy (non-hydrogen) atoms. The van der Waals surface area contributed by atoms with E-state index >= 15 is 0 Å². The minimum atomic E-state index is -4.25. The Labute approximate surface area is 163 Å². The molecule has 0 atom stereocenters. The number of nitrogens with zero attached hydrogens (tertiary/aromatic N) is 1. The zero-order chi connectivity index (χ0) is 19.9. The summed E-state index contributed by atoms with van der Waals surface area (Å²) in [6.07, 6.45) is 1.70. The molecule has 0 spiro atoms. The third-order valence-electron chi connectivity index (χ3n) is 5.01. The summed E-state index contributed by atoms with van der Waals surface area (Å²) in [5.41, 5.74) is 1.60. The van der Waals surface area contributed by atoms with E-state index in [4.69, 9.17) is 0 Å². The van der Waals surface area contributed by atoms with Gasteiger partial charge in [-0.1, -0.05) is 36.4 Å². The van der Waals surface area contributed by atoms with Crippen LogP contribution in [0.25, 0.3) is 0 Å². The molecule has 1 N–H and O–H groups in total. The number of rotatable bonds is 4. The van der Waals surface area contributed by atoms with Gasteiger partial charge in [0.1, 0.15) is 5.70 Å². The van der Waals surface area contributed by atoms with Crippen molar-refractivity contribution in [2.24, 2.45) is 0 Å². The van der Waals surface area contributed by atoms with Gasteiger partial charge in [0.2, 0.25) is 11.6 Å². The first kappa shape index (κ1) is 18.4. The second kappa shape index (κ2) is 6.91. The molecular weight excluding hydrogens is 376 g/mol. The predicted molar refractivity (Wildman–Crippen MR) is 107 cm³/mol. The van der Waals surface area contributed by atoms with Gasteiger partial charge in [0, 0.05) is 29.9 Å². The number of benzene rings is 2. The molecular formula is C21H20N2O4S. The molecule has 1 aliphatic heterocycles. The van der Waals surface area contributed by atoms with E-state index in [1.807, 2.05) is 13.0 Å². The van der Waals surface area contributed by atoms with E-state index < -0.39 is 26.5 Å². The number of aryl methyl sites for hydroxylation is 1. The van der Waals surface area contributed by atoms with Crippen molar-refractivity contribution >= 4 is 27.3 Å². The van der Waals surface area contributed by atoms with Crippen LogP contribution in [0.1, 0.15) is 39.1 Å². The maximum absolute atomic E-state index is 13.2. The lowest BCUT2D eigenvalue weighted by atomic mass is 9.92. The minimum absolute atomic E-state index is 0.0126. The van der Waals surface area contributed by atoms with Gasteiger partial charge >= 0.3 is 0 Å². The molecule has 2 aromatic carbocycles. The Morgan fingerprint density at radius 1 is 0.893 bits per heavy atom. The average molecular weight is 396 g/mol. The summed E-state index contributed by atoms with van der Waals surface area (Å²) in [6.45, 7) is 2.96. The number of carbonyl (C=O) groups excluding carboxylic acids is 2. The fourth-order valence-electron chi connectivity index (χ4n) is 3.73. The molecule has 0 unspecified atom stereocenters. The molecule has 1 heterocycles. The van der Waals surface area contributed by atoms with Crippen molar-refractivity contribution in [3.05, 3.63) is 75.8 Å². The Morgan fingerprint density at radius 2 is 1.54 bits per heavy atom. The molecule has 144 valence electrons. The number of hydrogen-bond acceptors (Lipinski definition) is 5. The number of sulfonamides is 1. The van der Waals surface area contributed by atoms with Crippen LogP contribution >= 0.6 is 0 Å². The molecule has 4 rings (SSSR count). The second-order valence-electron chi connectivity index (χ2n) is 7.05. The SMILES string of the molecule is Cc1cccc(NS(=O)(=O)C2=C(N3CCCC3)C(=O)c3ccccc3C2=O)c1. The summed E-state index contributed by atoms with van der Waals surface area (Å²) >= 11 is 0. The zero-order valence-corrected chi connectivity index (χ0v) is 16.3. The highest BCUT2D eigenvalue weighted by atomic mass is 32.2. The van der Waals surface area contributed by atoms with Gasteiger partial charge < -0.3 is 4.90 Å². The quantitative estimate of drug-likeness (QED) is 0.858. The van der Waals surface area contributed by atoms with Crippen LogP contribution in [0.5, 0.6) is 0 Å². The summed E-state index contributed by atoms with van der Waals surface area (Å²) in [4.78, 5) is 27.6. The summed E-state index contributed by atoms with van der Waals surface area (Å²) < 4.78 is 28.9. The van der Waals surface area contributed by atoms with E-state index in [-0.39, 0.29) is 16.8 Å². The fraction of sp³-hybridized carbons (Fsp3) is 0.238. The highest BCUT2D eigenvalue weighted by molar-refractivity contribution is 7.97. The standard InChI is InChI=1S/C21H20N2O4S/c1-14-7-6-8-15(13-14)22-28(26,27)21-18(23-11-4-5-12-23)19(24)16-9-2-3-10-17(16)20(21)25/h2-3,6-10,13,22H,4-5,11-12H2,1H3. The summed E-state index contributed by atoms with van der Waals surface area (Å²) in [6, 6.07) is 13.2. The Kier molecular flexibility index (Phi) is 4.55. The largest absolute Gasteiger partial charge is 0.367 e. The van der Waals surface area contributed by atoms with Crippen LogP contribution in [0.15, 0.2) is 59.1 Å². The molecule has 1 saturated heterocycles. The summed E-state index contributed by atoms with van der Waals surface area (Å²) in [5, 5.41) is 0. The first-order valence-electron chi connectivity index (χ1n) is 9.15. The van der Waals surface area contributed by atoms with Crippen molar-refractivity contribution in [2.45, 2.75) is 19.8 Å². The van der Waals surface area contributed by atoms with E-state index in [2.05, 4.69) is 4.72 Å². The van der Waals surface area contributed by atoms with E-state index in [0.717, 1.165) is 18.4 Å². The maximum Gasteiger partial charge on any atom is 0.268 e. The molecule has 0 bridgehead atoms. The molecule has 1 fully saturated rings. The van der Waals surface area contributed by atoms with Crippen LogP contribution < -0.4 is 4.72 Å². The number of likely N-dealkylation sites (tertiary alicyclic amines) is 1. The zero-order valence-electron chi connectivity index (χ0n) is 15.4. The van der Waals surface area contributed by atoms with Crippen molar-refractivity contribution < 1.29 is 18.0 Å². The third kappa shape index (κ3) is 3.11. The van der Waals surface area contributed by atoms with Crippen LogP contribution in [0.4, 0.5) is 5.69 Å². The van der Waals surface area contributed by atoms with E-state index in [1.54, 1.807) is 41.3 Å². The van der Waals surface area contributed by atoms with Gasteiger partial charge in [-0.05, 0) is 37.5 Å². The molecule has 7 heteroatoms. The van der Waals surface area contributed by atoms with Crippen molar-refractivity contribution in [1.82, 2.24) is 4.90 Å². The summed E-state index contributed by atoms with van der Waals surface area (Å²) in [7, 11) is -4.25. The number of allylic oxidation sites excluding steroid dienone is 2. The first-order valence-corrected chi connectivity index (χ1v) is 10.6. The van der Waals surface area contributed by atoms with Crippen LogP contribution in [0.3, 0.4) is 0 Å². The van der Waals surface area contributed by atoms with Crippen LogP contribution in [-0.4, -0.2) is 38.0 Å². The van der Waals surface area contributed by atoms with E-state index in [9.17, 15) is 18.0 Å². The van der Waals surface area contributed by atoms with Gasteiger partial charge in [-0.25, -0.2) is 8.42 Å². The molecule has 0 aromatic heterocycles. The van der Waals surface area contributed by atoms with Gasteiger partial charge in [0.25, 0.3) is 10.0 Å². The number of carbonyl (C=O) groups is 2. The maximum atomic E-state index is 13.2. The average Bonchev–Trinajstić information content (AvgIpc) is 3.18. The van der Waals surface area contributed by atoms with Gasteiger partial charge in [-0.2, -0.15) is 0 Å². The van der Waals surface area contributed by atoms with Crippen molar-refractivity contribution in [3.8, 4) is 0 Å². The fourth-order valence-corrected chi connectivity index (χ4v) is 5.10. The van der Waals surface area contributed by atoms with Gasteiger partial charge in [-0.3, -0.25) is 14.3 Å².